The molecule has 35 heavy (non-hydrogen) atoms. The summed E-state index contributed by atoms with van der Waals surface area (Å²) in [6.45, 7) is 0.0392. The zero-order valence-corrected chi connectivity index (χ0v) is 20.6. The van der Waals surface area contributed by atoms with Gasteiger partial charge in [0.2, 0.25) is 5.91 Å². The number of thiocarbonyl (C=S) groups is 1. The molecular formula is C26H20Cl2N4O2S. The Morgan fingerprint density at radius 2 is 1.83 bits per heavy atom. The van der Waals surface area contributed by atoms with Crippen molar-refractivity contribution in [2.75, 3.05) is 11.9 Å². The highest BCUT2D eigenvalue weighted by Crippen LogP contribution is 2.40. The number of hydrogen-bond acceptors (Lipinski definition) is 4. The lowest BCUT2D eigenvalue weighted by Gasteiger charge is -2.25. The third-order valence-electron chi connectivity index (χ3n) is 5.69. The summed E-state index contributed by atoms with van der Waals surface area (Å²) in [4.78, 5) is 19.3. The minimum absolute atomic E-state index is 0.0392. The van der Waals surface area contributed by atoms with Crippen molar-refractivity contribution in [1.82, 2.24) is 15.2 Å². The van der Waals surface area contributed by atoms with Crippen molar-refractivity contribution in [3.63, 3.8) is 0 Å². The molecule has 1 aliphatic heterocycles. The predicted molar refractivity (Wildman–Crippen MR) is 141 cm³/mol. The molecule has 1 aliphatic rings. The van der Waals surface area contributed by atoms with Crippen molar-refractivity contribution < 1.29 is 9.21 Å². The highest BCUT2D eigenvalue weighted by atomic mass is 35.5. The van der Waals surface area contributed by atoms with Crippen molar-refractivity contribution in [2.45, 2.75) is 12.1 Å². The quantitative estimate of drug-likeness (QED) is 0.291. The fourth-order valence-electron chi connectivity index (χ4n) is 4.08. The third-order valence-corrected chi connectivity index (χ3v) is 6.78. The molecule has 0 aliphatic carbocycles. The van der Waals surface area contributed by atoms with E-state index in [0.717, 1.165) is 11.3 Å². The van der Waals surface area contributed by atoms with Gasteiger partial charge in [0.05, 0.1) is 21.8 Å². The number of nitrogens with one attached hydrogen (secondary N) is 2. The van der Waals surface area contributed by atoms with Gasteiger partial charge in [-0.15, -0.1) is 0 Å². The van der Waals surface area contributed by atoms with E-state index in [4.69, 9.17) is 39.8 Å². The number of halogens is 2. The molecule has 4 aromatic rings. The van der Waals surface area contributed by atoms with Crippen LogP contribution in [0.2, 0.25) is 10.0 Å². The molecule has 3 heterocycles. The maximum Gasteiger partial charge on any atom is 0.244 e. The van der Waals surface area contributed by atoms with E-state index in [0.29, 0.717) is 32.4 Å². The standard InChI is InChI=1S/C26H20Cl2N4O2S/c27-18-10-9-16(14-19(18)28)21-11-12-22(34-21)25-24(20-8-4-5-13-29-20)31-26(35)32(25)15-23(33)30-17-6-2-1-3-7-17/h1-14,24-25H,15H2,(H,30,33)(H,31,35)/t24-,25-/m1/s1. The van der Waals surface area contributed by atoms with Gasteiger partial charge in [-0.05, 0) is 66.8 Å². The van der Waals surface area contributed by atoms with Crippen molar-refractivity contribution in [3.05, 3.63) is 107 Å². The summed E-state index contributed by atoms with van der Waals surface area (Å²) in [5.41, 5.74) is 2.30. The summed E-state index contributed by atoms with van der Waals surface area (Å²) in [5, 5.41) is 7.59. The predicted octanol–water partition coefficient (Wildman–Crippen LogP) is 6.26. The van der Waals surface area contributed by atoms with Crippen LogP contribution in [-0.4, -0.2) is 27.4 Å². The number of carbonyl (C=O) groups is 1. The van der Waals surface area contributed by atoms with E-state index in [-0.39, 0.29) is 18.5 Å². The number of benzene rings is 2. The van der Waals surface area contributed by atoms with Crippen molar-refractivity contribution in [1.29, 1.82) is 0 Å². The summed E-state index contributed by atoms with van der Waals surface area (Å²) in [6, 6.07) is 23.4. The van der Waals surface area contributed by atoms with Crippen LogP contribution in [0.5, 0.6) is 0 Å². The first kappa shape index (κ1) is 23.4. The van der Waals surface area contributed by atoms with Crippen molar-refractivity contribution in [3.8, 4) is 11.3 Å². The second kappa shape index (κ2) is 10.1. The lowest BCUT2D eigenvalue weighted by atomic mass is 10.0. The summed E-state index contributed by atoms with van der Waals surface area (Å²) in [7, 11) is 0. The zero-order valence-electron chi connectivity index (χ0n) is 18.3. The van der Waals surface area contributed by atoms with E-state index in [1.165, 1.54) is 0 Å². The molecule has 0 spiro atoms. The average Bonchev–Trinajstić information content (AvgIpc) is 3.47. The van der Waals surface area contributed by atoms with Gasteiger partial charge in [0.25, 0.3) is 0 Å². The summed E-state index contributed by atoms with van der Waals surface area (Å²) in [5.74, 6) is 1.08. The van der Waals surface area contributed by atoms with Gasteiger partial charge in [0.15, 0.2) is 5.11 Å². The molecule has 5 rings (SSSR count). The maximum absolute atomic E-state index is 12.9. The van der Waals surface area contributed by atoms with E-state index in [1.807, 2.05) is 71.6 Å². The Morgan fingerprint density at radius 3 is 2.57 bits per heavy atom. The van der Waals surface area contributed by atoms with Crippen LogP contribution in [-0.2, 0) is 4.79 Å². The zero-order chi connectivity index (χ0) is 24.4. The van der Waals surface area contributed by atoms with Crippen LogP contribution in [0.3, 0.4) is 0 Å². The molecule has 1 saturated heterocycles. The second-order valence-corrected chi connectivity index (χ2v) is 9.20. The first-order valence-corrected chi connectivity index (χ1v) is 12.0. The fourth-order valence-corrected chi connectivity index (χ4v) is 4.68. The van der Waals surface area contributed by atoms with Crippen LogP contribution in [0, 0.1) is 0 Å². The summed E-state index contributed by atoms with van der Waals surface area (Å²) < 4.78 is 6.28. The molecule has 2 atom stereocenters. The van der Waals surface area contributed by atoms with Gasteiger partial charge in [0, 0.05) is 17.4 Å². The monoisotopic (exact) mass is 522 g/mol. The molecule has 0 unspecified atom stereocenters. The molecule has 9 heteroatoms. The number of para-hydroxylation sites is 1. The van der Waals surface area contributed by atoms with Gasteiger partial charge in [-0.2, -0.15) is 0 Å². The lowest BCUT2D eigenvalue weighted by Crippen LogP contribution is -2.36. The summed E-state index contributed by atoms with van der Waals surface area (Å²) >= 11 is 17.9. The Bertz CT molecular complexity index is 1360. The first-order valence-electron chi connectivity index (χ1n) is 10.9. The normalized spacial score (nSPS) is 17.3. The molecule has 0 bridgehead atoms. The number of anilines is 1. The van der Waals surface area contributed by atoms with Gasteiger partial charge < -0.3 is 20.0 Å². The molecule has 176 valence electrons. The largest absolute Gasteiger partial charge is 0.459 e. The molecular weight excluding hydrogens is 503 g/mol. The number of hydrogen-bond donors (Lipinski definition) is 2. The van der Waals surface area contributed by atoms with Crippen LogP contribution in [0.25, 0.3) is 11.3 Å². The smallest absolute Gasteiger partial charge is 0.244 e. The number of furan rings is 1. The van der Waals surface area contributed by atoms with Crippen LogP contribution >= 0.6 is 35.4 Å². The van der Waals surface area contributed by atoms with Crippen molar-refractivity contribution in [2.24, 2.45) is 0 Å². The Kier molecular flexibility index (Phi) is 6.72. The molecule has 0 saturated carbocycles. The molecule has 2 aromatic heterocycles. The Morgan fingerprint density at radius 1 is 1.03 bits per heavy atom. The van der Waals surface area contributed by atoms with E-state index in [1.54, 1.807) is 18.3 Å². The van der Waals surface area contributed by atoms with Gasteiger partial charge in [-0.25, -0.2) is 0 Å². The second-order valence-electron chi connectivity index (χ2n) is 8.00. The molecule has 1 amide bonds. The number of aromatic nitrogens is 1. The van der Waals surface area contributed by atoms with Gasteiger partial charge in [-0.3, -0.25) is 9.78 Å². The first-order chi connectivity index (χ1) is 17.0. The van der Waals surface area contributed by atoms with Crippen LogP contribution in [0.1, 0.15) is 23.5 Å². The maximum atomic E-state index is 12.9. The Hall–Kier alpha value is -3.39. The highest BCUT2D eigenvalue weighted by Gasteiger charge is 2.42. The molecule has 2 N–H and O–H groups in total. The Labute approximate surface area is 217 Å². The Balaban J connectivity index is 1.47. The average molecular weight is 523 g/mol. The highest BCUT2D eigenvalue weighted by molar-refractivity contribution is 7.80. The minimum atomic E-state index is -0.393. The van der Waals surface area contributed by atoms with E-state index >= 15 is 0 Å². The minimum Gasteiger partial charge on any atom is -0.459 e. The number of nitrogens with zero attached hydrogens (tertiary/aromatic N) is 2. The molecule has 0 radical (unpaired) electrons. The third kappa shape index (κ3) is 5.03. The van der Waals surface area contributed by atoms with E-state index in [2.05, 4.69) is 15.6 Å². The lowest BCUT2D eigenvalue weighted by molar-refractivity contribution is -0.116. The fraction of sp³-hybridized carbons (Fsp3) is 0.115. The molecule has 2 aromatic carbocycles. The summed E-state index contributed by atoms with van der Waals surface area (Å²) in [6.07, 6.45) is 1.73. The van der Waals surface area contributed by atoms with Crippen LogP contribution in [0.4, 0.5) is 5.69 Å². The van der Waals surface area contributed by atoms with Gasteiger partial charge >= 0.3 is 0 Å². The number of pyridine rings is 1. The van der Waals surface area contributed by atoms with Gasteiger partial charge in [-0.1, -0.05) is 47.5 Å². The number of amides is 1. The van der Waals surface area contributed by atoms with E-state index in [9.17, 15) is 4.79 Å². The topological polar surface area (TPSA) is 70.4 Å². The number of rotatable bonds is 6. The number of carbonyl (C=O) groups excluding carboxylic acids is 1. The SMILES string of the molecule is O=C(CN1C(=S)N[C@H](c2ccccn2)[C@H]1c1ccc(-c2ccc(Cl)c(Cl)c2)o1)Nc1ccccc1. The van der Waals surface area contributed by atoms with Crippen LogP contribution in [0.15, 0.2) is 89.5 Å². The van der Waals surface area contributed by atoms with Gasteiger partial charge in [0.1, 0.15) is 24.1 Å². The van der Waals surface area contributed by atoms with E-state index < -0.39 is 6.04 Å². The molecule has 1 fully saturated rings. The van der Waals surface area contributed by atoms with Crippen molar-refractivity contribution >= 4 is 52.1 Å². The molecule has 6 nitrogen and oxygen atoms in total. The van der Waals surface area contributed by atoms with Crippen LogP contribution < -0.4 is 10.6 Å².